The largest absolute Gasteiger partial charge is 0.496 e. The molecule has 0 aliphatic heterocycles. The average Bonchev–Trinajstić information content (AvgIpc) is 3.15. The quantitative estimate of drug-likeness (QED) is 0.846. The SMILES string of the molecule is COc1cc(C)c(Br)cc1C(C)(C)CCNC1CC1. The third-order valence-electron chi connectivity index (χ3n) is 3.97. The summed E-state index contributed by atoms with van der Waals surface area (Å²) in [5, 5.41) is 3.59. The fourth-order valence-corrected chi connectivity index (χ4v) is 2.71. The van der Waals surface area contributed by atoms with E-state index in [1.807, 2.05) is 0 Å². The number of rotatable bonds is 6. The Balaban J connectivity index is 2.14. The van der Waals surface area contributed by atoms with Gasteiger partial charge in [0.2, 0.25) is 0 Å². The molecule has 1 fully saturated rings. The van der Waals surface area contributed by atoms with Gasteiger partial charge in [0.05, 0.1) is 7.11 Å². The number of hydrogen-bond donors (Lipinski definition) is 1. The number of hydrogen-bond acceptors (Lipinski definition) is 2. The molecule has 2 rings (SSSR count). The molecule has 0 amide bonds. The normalized spacial score (nSPS) is 15.6. The molecule has 1 N–H and O–H groups in total. The molecule has 0 unspecified atom stereocenters. The molecule has 1 aromatic rings. The molecule has 0 aromatic heterocycles. The first-order valence-electron chi connectivity index (χ1n) is 7.02. The zero-order chi connectivity index (χ0) is 14.0. The first-order valence-corrected chi connectivity index (χ1v) is 7.81. The second kappa shape index (κ2) is 5.84. The van der Waals surface area contributed by atoms with E-state index in [0.29, 0.717) is 0 Å². The van der Waals surface area contributed by atoms with Crippen LogP contribution in [0.15, 0.2) is 16.6 Å². The highest BCUT2D eigenvalue weighted by atomic mass is 79.9. The summed E-state index contributed by atoms with van der Waals surface area (Å²) in [5.74, 6) is 0.997. The Hall–Kier alpha value is -0.540. The zero-order valence-corrected chi connectivity index (χ0v) is 13.9. The lowest BCUT2D eigenvalue weighted by Crippen LogP contribution is -2.27. The summed E-state index contributed by atoms with van der Waals surface area (Å²) in [4.78, 5) is 0. The standard InChI is InChI=1S/C16H24BrNO/c1-11-9-15(19-4)13(10-14(11)17)16(2,3)7-8-18-12-5-6-12/h9-10,12,18H,5-8H2,1-4H3. The van der Waals surface area contributed by atoms with E-state index in [1.165, 1.54) is 24.0 Å². The predicted molar refractivity (Wildman–Crippen MR) is 84.1 cm³/mol. The third kappa shape index (κ3) is 3.73. The van der Waals surface area contributed by atoms with E-state index in [1.54, 1.807) is 7.11 Å². The van der Waals surface area contributed by atoms with Crippen LogP contribution in [0.25, 0.3) is 0 Å². The molecule has 2 nitrogen and oxygen atoms in total. The topological polar surface area (TPSA) is 21.3 Å². The van der Waals surface area contributed by atoms with E-state index >= 15 is 0 Å². The first kappa shape index (κ1) is 14.9. The van der Waals surface area contributed by atoms with Crippen LogP contribution < -0.4 is 10.1 Å². The van der Waals surface area contributed by atoms with Crippen molar-refractivity contribution in [2.45, 2.75) is 51.5 Å². The molecular weight excluding hydrogens is 302 g/mol. The summed E-state index contributed by atoms with van der Waals surface area (Å²) in [6.07, 6.45) is 3.81. The Labute approximate surface area is 125 Å². The maximum atomic E-state index is 5.57. The maximum Gasteiger partial charge on any atom is 0.122 e. The molecule has 1 aromatic carbocycles. The van der Waals surface area contributed by atoms with Crippen molar-refractivity contribution in [1.29, 1.82) is 0 Å². The van der Waals surface area contributed by atoms with Gasteiger partial charge >= 0.3 is 0 Å². The molecule has 0 heterocycles. The Morgan fingerprint density at radius 2 is 2.05 bits per heavy atom. The molecule has 0 radical (unpaired) electrons. The van der Waals surface area contributed by atoms with Crippen LogP contribution in [0.4, 0.5) is 0 Å². The van der Waals surface area contributed by atoms with E-state index in [0.717, 1.165) is 29.2 Å². The van der Waals surface area contributed by atoms with Crippen molar-refractivity contribution in [2.24, 2.45) is 0 Å². The summed E-state index contributed by atoms with van der Waals surface area (Å²) < 4.78 is 6.72. The Morgan fingerprint density at radius 1 is 1.37 bits per heavy atom. The van der Waals surface area contributed by atoms with Crippen LogP contribution in [0.2, 0.25) is 0 Å². The predicted octanol–water partition coefficient (Wildman–Crippen LogP) is 4.19. The molecule has 0 spiro atoms. The lowest BCUT2D eigenvalue weighted by atomic mass is 9.80. The van der Waals surface area contributed by atoms with Crippen LogP contribution in [-0.4, -0.2) is 19.7 Å². The summed E-state index contributed by atoms with van der Waals surface area (Å²) in [6, 6.07) is 5.11. The second-order valence-electron chi connectivity index (χ2n) is 6.16. The third-order valence-corrected chi connectivity index (χ3v) is 4.82. The van der Waals surface area contributed by atoms with E-state index in [-0.39, 0.29) is 5.41 Å². The van der Waals surface area contributed by atoms with Gasteiger partial charge in [-0.2, -0.15) is 0 Å². The van der Waals surface area contributed by atoms with E-state index in [2.05, 4.69) is 54.2 Å². The van der Waals surface area contributed by atoms with Crippen molar-refractivity contribution in [3.05, 3.63) is 27.7 Å². The van der Waals surface area contributed by atoms with Gasteiger partial charge in [0.25, 0.3) is 0 Å². The van der Waals surface area contributed by atoms with Gasteiger partial charge < -0.3 is 10.1 Å². The minimum atomic E-state index is 0.115. The van der Waals surface area contributed by atoms with Crippen molar-refractivity contribution in [3.63, 3.8) is 0 Å². The van der Waals surface area contributed by atoms with Gasteiger partial charge in [0.15, 0.2) is 0 Å². The molecule has 1 aliphatic rings. The van der Waals surface area contributed by atoms with Gasteiger partial charge in [-0.15, -0.1) is 0 Å². The Kier molecular flexibility index (Phi) is 4.57. The van der Waals surface area contributed by atoms with Crippen molar-refractivity contribution in [1.82, 2.24) is 5.32 Å². The van der Waals surface area contributed by atoms with Gasteiger partial charge in [-0.1, -0.05) is 29.8 Å². The van der Waals surface area contributed by atoms with Gasteiger partial charge in [0.1, 0.15) is 5.75 Å². The molecular formula is C16H24BrNO. The van der Waals surface area contributed by atoms with Crippen LogP contribution in [0.3, 0.4) is 0 Å². The average molecular weight is 326 g/mol. The minimum absolute atomic E-state index is 0.115. The number of ether oxygens (including phenoxy) is 1. The fourth-order valence-electron chi connectivity index (χ4n) is 2.36. The van der Waals surface area contributed by atoms with Gasteiger partial charge in [-0.25, -0.2) is 0 Å². The highest BCUT2D eigenvalue weighted by Gasteiger charge is 2.27. The van der Waals surface area contributed by atoms with E-state index in [4.69, 9.17) is 4.74 Å². The van der Waals surface area contributed by atoms with Crippen molar-refractivity contribution in [3.8, 4) is 5.75 Å². The van der Waals surface area contributed by atoms with Crippen LogP contribution in [0.5, 0.6) is 5.75 Å². The van der Waals surface area contributed by atoms with Crippen molar-refractivity contribution >= 4 is 15.9 Å². The molecule has 106 valence electrons. The molecule has 1 aliphatic carbocycles. The number of nitrogens with one attached hydrogen (secondary N) is 1. The Morgan fingerprint density at radius 3 is 2.63 bits per heavy atom. The van der Waals surface area contributed by atoms with Crippen molar-refractivity contribution < 1.29 is 4.74 Å². The van der Waals surface area contributed by atoms with Gasteiger partial charge in [-0.05, 0) is 55.8 Å². The zero-order valence-electron chi connectivity index (χ0n) is 12.3. The van der Waals surface area contributed by atoms with Crippen LogP contribution >= 0.6 is 15.9 Å². The summed E-state index contributed by atoms with van der Waals surface area (Å²) >= 11 is 3.63. The first-order chi connectivity index (χ1) is 8.94. The lowest BCUT2D eigenvalue weighted by molar-refractivity contribution is 0.381. The van der Waals surface area contributed by atoms with Crippen LogP contribution in [0.1, 0.15) is 44.2 Å². The minimum Gasteiger partial charge on any atom is -0.496 e. The van der Waals surface area contributed by atoms with Crippen molar-refractivity contribution in [2.75, 3.05) is 13.7 Å². The molecule has 19 heavy (non-hydrogen) atoms. The number of benzene rings is 1. The maximum absolute atomic E-state index is 5.57. The monoisotopic (exact) mass is 325 g/mol. The van der Waals surface area contributed by atoms with E-state index in [9.17, 15) is 0 Å². The highest BCUT2D eigenvalue weighted by Crippen LogP contribution is 2.37. The highest BCUT2D eigenvalue weighted by molar-refractivity contribution is 9.10. The van der Waals surface area contributed by atoms with Crippen LogP contribution in [0, 0.1) is 6.92 Å². The fraction of sp³-hybridized carbons (Fsp3) is 0.625. The molecule has 3 heteroatoms. The molecule has 0 atom stereocenters. The summed E-state index contributed by atoms with van der Waals surface area (Å²) in [6.45, 7) is 7.76. The number of aryl methyl sites for hydroxylation is 1. The lowest BCUT2D eigenvalue weighted by Gasteiger charge is -2.28. The smallest absolute Gasteiger partial charge is 0.122 e. The van der Waals surface area contributed by atoms with Gasteiger partial charge in [0, 0.05) is 16.1 Å². The number of methoxy groups -OCH3 is 1. The van der Waals surface area contributed by atoms with Gasteiger partial charge in [-0.3, -0.25) is 0 Å². The Bertz CT molecular complexity index is 452. The summed E-state index contributed by atoms with van der Waals surface area (Å²) in [7, 11) is 1.75. The molecule has 0 saturated heterocycles. The van der Waals surface area contributed by atoms with E-state index < -0.39 is 0 Å². The molecule has 1 saturated carbocycles. The molecule has 0 bridgehead atoms. The summed E-state index contributed by atoms with van der Waals surface area (Å²) in [5.41, 5.74) is 2.61. The van der Waals surface area contributed by atoms with Crippen LogP contribution in [-0.2, 0) is 5.41 Å². The second-order valence-corrected chi connectivity index (χ2v) is 7.02. The number of halogens is 1.